The Morgan fingerprint density at radius 2 is 2.39 bits per heavy atom. The highest BCUT2D eigenvalue weighted by Crippen LogP contribution is 2.31. The molecule has 1 aliphatic carbocycles. The molecule has 1 aromatic rings. The zero-order valence-corrected chi connectivity index (χ0v) is 13.1. The summed E-state index contributed by atoms with van der Waals surface area (Å²) in [4.78, 5) is 3.77. The molecule has 0 aliphatic heterocycles. The second kappa shape index (κ2) is 6.09. The van der Waals surface area contributed by atoms with E-state index in [0.29, 0.717) is 5.25 Å². The highest BCUT2D eigenvalue weighted by Gasteiger charge is 2.31. The number of thioether (sulfide) groups is 1. The summed E-state index contributed by atoms with van der Waals surface area (Å²) >= 11 is 8.49. The molecule has 102 valence electrons. The van der Waals surface area contributed by atoms with E-state index in [1.54, 1.807) is 0 Å². The van der Waals surface area contributed by atoms with Crippen molar-refractivity contribution < 1.29 is 8.42 Å². The molecule has 1 heterocycles. The van der Waals surface area contributed by atoms with Gasteiger partial charge in [0.25, 0.3) is 10.0 Å². The van der Waals surface area contributed by atoms with Crippen molar-refractivity contribution in [3.63, 3.8) is 0 Å². The van der Waals surface area contributed by atoms with Gasteiger partial charge in [0, 0.05) is 11.3 Å². The predicted octanol–water partition coefficient (Wildman–Crippen LogP) is 2.75. The van der Waals surface area contributed by atoms with Crippen LogP contribution in [-0.4, -0.2) is 30.4 Å². The van der Waals surface area contributed by atoms with Gasteiger partial charge in [0.1, 0.15) is 0 Å². The van der Waals surface area contributed by atoms with E-state index in [0.717, 1.165) is 36.4 Å². The molecule has 0 aromatic carbocycles. The van der Waals surface area contributed by atoms with Gasteiger partial charge in [-0.1, -0.05) is 36.3 Å². The van der Waals surface area contributed by atoms with Gasteiger partial charge in [-0.05, 0) is 18.6 Å². The average Bonchev–Trinajstić information content (AvgIpc) is 2.89. The molecule has 1 aromatic heterocycles. The number of thiazole rings is 1. The average molecular weight is 327 g/mol. The van der Waals surface area contributed by atoms with Crippen molar-refractivity contribution in [2.75, 3.05) is 5.75 Å². The molecule has 2 unspecified atom stereocenters. The van der Waals surface area contributed by atoms with Crippen LogP contribution < -0.4 is 4.72 Å². The van der Waals surface area contributed by atoms with E-state index in [4.69, 9.17) is 11.6 Å². The zero-order valence-electron chi connectivity index (χ0n) is 9.93. The summed E-state index contributed by atoms with van der Waals surface area (Å²) in [5.41, 5.74) is 0. The van der Waals surface area contributed by atoms with E-state index in [2.05, 4.69) is 16.6 Å². The minimum Gasteiger partial charge on any atom is -0.232 e. The molecule has 1 N–H and O–H groups in total. The van der Waals surface area contributed by atoms with Crippen molar-refractivity contribution in [3.8, 4) is 0 Å². The fourth-order valence-corrected chi connectivity index (χ4v) is 6.00. The Labute approximate surface area is 121 Å². The Morgan fingerprint density at radius 3 is 3.00 bits per heavy atom. The van der Waals surface area contributed by atoms with Crippen LogP contribution >= 0.6 is 34.7 Å². The summed E-state index contributed by atoms with van der Waals surface area (Å²) in [5, 5.41) is 0.383. The van der Waals surface area contributed by atoms with Crippen LogP contribution in [0.2, 0.25) is 4.47 Å². The molecule has 2 rings (SSSR count). The maximum atomic E-state index is 12.1. The van der Waals surface area contributed by atoms with Crippen molar-refractivity contribution in [1.29, 1.82) is 0 Å². The summed E-state index contributed by atoms with van der Waals surface area (Å²) in [7, 11) is -3.47. The first-order chi connectivity index (χ1) is 8.53. The van der Waals surface area contributed by atoms with Crippen LogP contribution in [0.1, 0.15) is 26.2 Å². The lowest BCUT2D eigenvalue weighted by molar-refractivity contribution is 0.557. The molecule has 2 atom stereocenters. The zero-order chi connectivity index (χ0) is 13.2. The van der Waals surface area contributed by atoms with Crippen LogP contribution in [0.3, 0.4) is 0 Å². The molecule has 1 saturated carbocycles. The minimum absolute atomic E-state index is 0.0285. The van der Waals surface area contributed by atoms with Crippen molar-refractivity contribution in [2.45, 2.75) is 41.7 Å². The number of halogens is 1. The van der Waals surface area contributed by atoms with Gasteiger partial charge in [0.15, 0.2) is 8.68 Å². The standard InChI is InChI=1S/C10H15ClN2O2S3/c1-2-16-8-5-3-4-7(8)13-18(14,15)9-6-12-10(11)17-9/h6-8,13H,2-5H2,1H3. The molecule has 18 heavy (non-hydrogen) atoms. The largest absolute Gasteiger partial charge is 0.251 e. The van der Waals surface area contributed by atoms with Crippen LogP contribution in [0.4, 0.5) is 0 Å². The lowest BCUT2D eigenvalue weighted by Gasteiger charge is -2.19. The van der Waals surface area contributed by atoms with Crippen molar-refractivity contribution in [2.24, 2.45) is 0 Å². The van der Waals surface area contributed by atoms with Gasteiger partial charge in [0.05, 0.1) is 6.20 Å². The van der Waals surface area contributed by atoms with Crippen LogP contribution in [-0.2, 0) is 10.0 Å². The van der Waals surface area contributed by atoms with Crippen LogP contribution in [0, 0.1) is 0 Å². The second-order valence-electron chi connectivity index (χ2n) is 4.08. The fourth-order valence-electron chi connectivity index (χ4n) is 2.10. The highest BCUT2D eigenvalue weighted by molar-refractivity contribution is 8.00. The van der Waals surface area contributed by atoms with Gasteiger partial charge in [-0.15, -0.1) is 0 Å². The summed E-state index contributed by atoms with van der Waals surface area (Å²) in [6, 6.07) is 0.0285. The third kappa shape index (κ3) is 3.39. The number of hydrogen-bond donors (Lipinski definition) is 1. The molecule has 0 amide bonds. The summed E-state index contributed by atoms with van der Waals surface area (Å²) in [5.74, 6) is 1.01. The Hall–Kier alpha value is 0.180. The minimum atomic E-state index is -3.47. The number of nitrogens with zero attached hydrogens (tertiary/aromatic N) is 1. The molecule has 1 fully saturated rings. The Morgan fingerprint density at radius 1 is 1.61 bits per heavy atom. The van der Waals surface area contributed by atoms with Crippen molar-refractivity contribution in [1.82, 2.24) is 9.71 Å². The van der Waals surface area contributed by atoms with Gasteiger partial charge < -0.3 is 0 Å². The third-order valence-electron chi connectivity index (χ3n) is 2.86. The normalized spacial score (nSPS) is 24.6. The van der Waals surface area contributed by atoms with Gasteiger partial charge in [-0.3, -0.25) is 0 Å². The lowest BCUT2D eigenvalue weighted by atomic mass is 10.3. The molecule has 0 radical (unpaired) electrons. The van der Waals surface area contributed by atoms with Gasteiger partial charge in [-0.2, -0.15) is 11.8 Å². The van der Waals surface area contributed by atoms with Gasteiger partial charge >= 0.3 is 0 Å². The second-order valence-corrected chi connectivity index (χ2v) is 9.15. The summed E-state index contributed by atoms with van der Waals surface area (Å²) < 4.78 is 27.5. The first-order valence-corrected chi connectivity index (χ1v) is 9.51. The van der Waals surface area contributed by atoms with E-state index in [9.17, 15) is 8.42 Å². The Kier molecular flexibility index (Phi) is 4.93. The number of hydrogen-bond acceptors (Lipinski definition) is 5. The van der Waals surface area contributed by atoms with Gasteiger partial charge in [-0.25, -0.2) is 18.1 Å². The number of sulfonamides is 1. The van der Waals surface area contributed by atoms with E-state index in [1.807, 2.05) is 11.8 Å². The molecule has 8 heteroatoms. The molecule has 1 aliphatic rings. The monoisotopic (exact) mass is 326 g/mol. The topological polar surface area (TPSA) is 59.1 Å². The third-order valence-corrected chi connectivity index (χ3v) is 7.25. The van der Waals surface area contributed by atoms with Crippen molar-refractivity contribution in [3.05, 3.63) is 10.7 Å². The number of aromatic nitrogens is 1. The maximum Gasteiger partial charge on any atom is 0.251 e. The molecule has 0 spiro atoms. The summed E-state index contributed by atoms with van der Waals surface area (Å²) in [6.45, 7) is 2.09. The summed E-state index contributed by atoms with van der Waals surface area (Å²) in [6.07, 6.45) is 4.37. The van der Waals surface area contributed by atoms with Crippen molar-refractivity contribution >= 4 is 44.7 Å². The van der Waals surface area contributed by atoms with Crippen LogP contribution in [0.5, 0.6) is 0 Å². The highest BCUT2D eigenvalue weighted by atomic mass is 35.5. The fraction of sp³-hybridized carbons (Fsp3) is 0.700. The molecule has 4 nitrogen and oxygen atoms in total. The Balaban J connectivity index is 2.08. The lowest BCUT2D eigenvalue weighted by Crippen LogP contribution is -2.38. The van der Waals surface area contributed by atoms with Crippen LogP contribution in [0.15, 0.2) is 10.4 Å². The first-order valence-electron chi connectivity index (χ1n) is 5.78. The maximum absolute atomic E-state index is 12.1. The quantitative estimate of drug-likeness (QED) is 0.904. The van der Waals surface area contributed by atoms with Gasteiger partial charge in [0.2, 0.25) is 0 Å². The SMILES string of the molecule is CCSC1CCCC1NS(=O)(=O)c1cnc(Cl)s1. The molecular formula is C10H15ClN2O2S3. The van der Waals surface area contributed by atoms with E-state index < -0.39 is 10.0 Å². The molecular weight excluding hydrogens is 312 g/mol. The van der Waals surface area contributed by atoms with E-state index in [-0.39, 0.29) is 14.7 Å². The smallest absolute Gasteiger partial charge is 0.232 e. The van der Waals surface area contributed by atoms with E-state index in [1.165, 1.54) is 6.20 Å². The first kappa shape index (κ1) is 14.6. The molecule has 0 bridgehead atoms. The number of nitrogens with one attached hydrogen (secondary N) is 1. The molecule has 0 saturated heterocycles. The van der Waals surface area contributed by atoms with E-state index >= 15 is 0 Å². The predicted molar refractivity (Wildman–Crippen MR) is 77.0 cm³/mol. The Bertz CT molecular complexity index is 503. The van der Waals surface area contributed by atoms with Crippen LogP contribution in [0.25, 0.3) is 0 Å². The number of rotatable bonds is 5.